The third-order valence-electron chi connectivity index (χ3n) is 5.29. The third kappa shape index (κ3) is 6.60. The third-order valence-corrected chi connectivity index (χ3v) is 6.24. The zero-order chi connectivity index (χ0) is 21.5. The van der Waals surface area contributed by atoms with Crippen LogP contribution in [0.2, 0.25) is 5.02 Å². The molecule has 1 fully saturated rings. The maximum absolute atomic E-state index is 13.0. The number of amides is 2. The Hall–Kier alpha value is -1.80. The highest BCUT2D eigenvalue weighted by atomic mass is 127. The summed E-state index contributed by atoms with van der Waals surface area (Å²) in [5, 5.41) is 3.69. The Labute approximate surface area is 196 Å². The molecule has 5 nitrogen and oxygen atoms in total. The maximum atomic E-state index is 13.0. The van der Waals surface area contributed by atoms with E-state index in [2.05, 4.69) is 27.9 Å². The standard InChI is InChI=1S/C23H26ClIN2O3/c1-16(23(29)26-20-7-2-3-8-20)27(14-17-5-4-6-18(24)13-17)22(28)15-30-21-11-9-19(25)10-12-21/h4-6,9-13,16,20H,2-3,7-8,14-15H2,1H3,(H,26,29)/t16-/m1/s1. The molecule has 0 bridgehead atoms. The van der Waals surface area contributed by atoms with Gasteiger partial charge < -0.3 is 15.0 Å². The molecule has 2 amide bonds. The van der Waals surface area contributed by atoms with Crippen molar-refractivity contribution in [1.82, 2.24) is 10.2 Å². The normalized spacial score (nSPS) is 14.9. The van der Waals surface area contributed by atoms with E-state index in [1.807, 2.05) is 42.5 Å². The molecule has 30 heavy (non-hydrogen) atoms. The molecule has 1 atom stereocenters. The Bertz CT molecular complexity index is 869. The summed E-state index contributed by atoms with van der Waals surface area (Å²) >= 11 is 8.32. The molecule has 2 aromatic carbocycles. The topological polar surface area (TPSA) is 58.6 Å². The van der Waals surface area contributed by atoms with Crippen LogP contribution in [0.1, 0.15) is 38.2 Å². The SMILES string of the molecule is C[C@H](C(=O)NC1CCCC1)N(Cc1cccc(Cl)c1)C(=O)COc1ccc(I)cc1. The summed E-state index contributed by atoms with van der Waals surface area (Å²) < 4.78 is 6.77. The summed E-state index contributed by atoms with van der Waals surface area (Å²) in [5.74, 6) is 0.240. The largest absolute Gasteiger partial charge is 0.484 e. The first-order valence-electron chi connectivity index (χ1n) is 10.1. The molecule has 0 aliphatic heterocycles. The Morgan fingerprint density at radius 3 is 2.57 bits per heavy atom. The second-order valence-electron chi connectivity index (χ2n) is 7.56. The number of hydrogen-bond acceptors (Lipinski definition) is 3. The van der Waals surface area contributed by atoms with E-state index in [9.17, 15) is 9.59 Å². The van der Waals surface area contributed by atoms with Crippen molar-refractivity contribution in [3.63, 3.8) is 0 Å². The van der Waals surface area contributed by atoms with Gasteiger partial charge in [-0.3, -0.25) is 9.59 Å². The zero-order valence-electron chi connectivity index (χ0n) is 16.9. The summed E-state index contributed by atoms with van der Waals surface area (Å²) in [7, 11) is 0. The number of halogens is 2. The van der Waals surface area contributed by atoms with Crippen molar-refractivity contribution in [2.75, 3.05) is 6.61 Å². The fraction of sp³-hybridized carbons (Fsp3) is 0.391. The zero-order valence-corrected chi connectivity index (χ0v) is 19.9. The lowest BCUT2D eigenvalue weighted by Gasteiger charge is -2.29. The molecule has 0 aromatic heterocycles. The van der Waals surface area contributed by atoms with Crippen LogP contribution in [0.15, 0.2) is 48.5 Å². The van der Waals surface area contributed by atoms with Crippen LogP contribution in [-0.4, -0.2) is 35.4 Å². The lowest BCUT2D eigenvalue weighted by atomic mass is 10.1. The van der Waals surface area contributed by atoms with Gasteiger partial charge >= 0.3 is 0 Å². The fourth-order valence-electron chi connectivity index (χ4n) is 3.57. The number of carbonyl (C=O) groups is 2. The average Bonchev–Trinajstić information content (AvgIpc) is 3.24. The minimum atomic E-state index is -0.614. The van der Waals surface area contributed by atoms with Crippen LogP contribution in [-0.2, 0) is 16.1 Å². The number of nitrogens with zero attached hydrogens (tertiary/aromatic N) is 1. The molecule has 0 unspecified atom stereocenters. The molecule has 1 saturated carbocycles. The van der Waals surface area contributed by atoms with E-state index >= 15 is 0 Å². The van der Waals surface area contributed by atoms with Crippen LogP contribution < -0.4 is 10.1 Å². The van der Waals surface area contributed by atoms with Gasteiger partial charge in [-0.15, -0.1) is 0 Å². The van der Waals surface area contributed by atoms with Gasteiger partial charge in [0, 0.05) is 21.2 Å². The predicted octanol–water partition coefficient (Wildman–Crippen LogP) is 4.80. The number of ether oxygens (including phenoxy) is 1. The van der Waals surface area contributed by atoms with Crippen molar-refractivity contribution in [2.24, 2.45) is 0 Å². The monoisotopic (exact) mass is 540 g/mol. The van der Waals surface area contributed by atoms with E-state index in [-0.39, 0.29) is 31.0 Å². The van der Waals surface area contributed by atoms with Gasteiger partial charge in [-0.25, -0.2) is 0 Å². The van der Waals surface area contributed by atoms with Gasteiger partial charge in [-0.05, 0) is 84.3 Å². The van der Waals surface area contributed by atoms with E-state index in [0.29, 0.717) is 10.8 Å². The minimum Gasteiger partial charge on any atom is -0.484 e. The van der Waals surface area contributed by atoms with Gasteiger partial charge in [0.25, 0.3) is 5.91 Å². The molecule has 0 radical (unpaired) electrons. The van der Waals surface area contributed by atoms with Gasteiger partial charge in [0.15, 0.2) is 6.61 Å². The second-order valence-corrected chi connectivity index (χ2v) is 9.24. The average molecular weight is 541 g/mol. The van der Waals surface area contributed by atoms with Crippen molar-refractivity contribution >= 4 is 46.0 Å². The number of hydrogen-bond donors (Lipinski definition) is 1. The number of benzene rings is 2. The molecule has 1 aliphatic carbocycles. The van der Waals surface area contributed by atoms with Crippen LogP contribution in [0.4, 0.5) is 0 Å². The highest BCUT2D eigenvalue weighted by Gasteiger charge is 2.28. The van der Waals surface area contributed by atoms with Crippen LogP contribution in [0.5, 0.6) is 5.75 Å². The van der Waals surface area contributed by atoms with E-state index in [1.165, 1.54) is 0 Å². The lowest BCUT2D eigenvalue weighted by molar-refractivity contribution is -0.142. The van der Waals surface area contributed by atoms with E-state index in [4.69, 9.17) is 16.3 Å². The van der Waals surface area contributed by atoms with Crippen molar-refractivity contribution in [3.05, 3.63) is 62.7 Å². The first-order chi connectivity index (χ1) is 14.4. The first kappa shape index (κ1) is 22.9. The fourth-order valence-corrected chi connectivity index (χ4v) is 4.14. The minimum absolute atomic E-state index is 0.133. The van der Waals surface area contributed by atoms with Crippen molar-refractivity contribution in [2.45, 2.75) is 51.2 Å². The van der Waals surface area contributed by atoms with E-state index in [0.717, 1.165) is 34.8 Å². The Morgan fingerprint density at radius 1 is 1.20 bits per heavy atom. The van der Waals surface area contributed by atoms with Crippen LogP contribution in [0, 0.1) is 3.57 Å². The molecular formula is C23H26ClIN2O3. The molecule has 1 N–H and O–H groups in total. The number of rotatable bonds is 8. The van der Waals surface area contributed by atoms with Gasteiger partial charge in [0.05, 0.1) is 0 Å². The predicted molar refractivity (Wildman–Crippen MR) is 127 cm³/mol. The Balaban J connectivity index is 1.70. The number of nitrogens with one attached hydrogen (secondary N) is 1. The highest BCUT2D eigenvalue weighted by molar-refractivity contribution is 14.1. The molecule has 1 aliphatic rings. The van der Waals surface area contributed by atoms with Gasteiger partial charge in [-0.1, -0.05) is 36.6 Å². The van der Waals surface area contributed by atoms with Crippen LogP contribution in [0.3, 0.4) is 0 Å². The molecule has 2 aromatic rings. The molecule has 160 valence electrons. The van der Waals surface area contributed by atoms with Gasteiger partial charge in [-0.2, -0.15) is 0 Å². The Kier molecular flexibility index (Phi) is 8.39. The molecule has 0 heterocycles. The van der Waals surface area contributed by atoms with Gasteiger partial charge in [0.2, 0.25) is 5.91 Å². The molecular weight excluding hydrogens is 515 g/mol. The van der Waals surface area contributed by atoms with Crippen molar-refractivity contribution in [3.8, 4) is 5.75 Å². The first-order valence-corrected chi connectivity index (χ1v) is 11.6. The highest BCUT2D eigenvalue weighted by Crippen LogP contribution is 2.19. The quantitative estimate of drug-likeness (QED) is 0.490. The molecule has 7 heteroatoms. The van der Waals surface area contributed by atoms with E-state index < -0.39 is 6.04 Å². The van der Waals surface area contributed by atoms with E-state index in [1.54, 1.807) is 17.9 Å². The van der Waals surface area contributed by atoms with Crippen molar-refractivity contribution < 1.29 is 14.3 Å². The van der Waals surface area contributed by atoms with Crippen molar-refractivity contribution in [1.29, 1.82) is 0 Å². The lowest BCUT2D eigenvalue weighted by Crippen LogP contribution is -2.50. The van der Waals surface area contributed by atoms with Crippen LogP contribution in [0.25, 0.3) is 0 Å². The summed E-state index contributed by atoms with van der Waals surface area (Å²) in [4.78, 5) is 27.4. The molecule has 0 spiro atoms. The van der Waals surface area contributed by atoms with Gasteiger partial charge in [0.1, 0.15) is 11.8 Å². The molecule has 3 rings (SSSR count). The summed E-state index contributed by atoms with van der Waals surface area (Å²) in [5.41, 5.74) is 0.866. The summed E-state index contributed by atoms with van der Waals surface area (Å²) in [6.45, 7) is 1.91. The van der Waals surface area contributed by atoms with Crippen LogP contribution >= 0.6 is 34.2 Å². The maximum Gasteiger partial charge on any atom is 0.261 e. The molecule has 0 saturated heterocycles. The second kappa shape index (κ2) is 11.0. The summed E-state index contributed by atoms with van der Waals surface area (Å²) in [6.07, 6.45) is 4.26. The summed E-state index contributed by atoms with van der Waals surface area (Å²) in [6, 6.07) is 14.4. The number of carbonyl (C=O) groups excluding carboxylic acids is 2. The Morgan fingerprint density at radius 2 is 1.90 bits per heavy atom. The smallest absolute Gasteiger partial charge is 0.261 e.